The van der Waals surface area contributed by atoms with E-state index in [2.05, 4.69) is 0 Å². The van der Waals surface area contributed by atoms with Crippen LogP contribution in [0.4, 0.5) is 0 Å². The van der Waals surface area contributed by atoms with Gasteiger partial charge in [-0.3, -0.25) is 0 Å². The highest BCUT2D eigenvalue weighted by atomic mass is 16.7. The van der Waals surface area contributed by atoms with Crippen molar-refractivity contribution in [3.8, 4) is 0 Å². The van der Waals surface area contributed by atoms with Gasteiger partial charge in [0.05, 0.1) is 26.4 Å². The van der Waals surface area contributed by atoms with E-state index in [0.29, 0.717) is 0 Å². The lowest BCUT2D eigenvalue weighted by atomic mass is 9.97. The Kier molecular flexibility index (Phi) is 11.4. The van der Waals surface area contributed by atoms with Crippen molar-refractivity contribution >= 4 is 0 Å². The van der Waals surface area contributed by atoms with E-state index in [4.69, 9.17) is 24.1 Å². The van der Waals surface area contributed by atoms with E-state index < -0.39 is 112 Å². The highest BCUT2D eigenvalue weighted by Gasteiger charge is 2.50. The van der Waals surface area contributed by atoms with Crippen LogP contribution in [0.15, 0.2) is 0 Å². The minimum atomic E-state index is -1.95. The summed E-state index contributed by atoms with van der Waals surface area (Å²) in [6.07, 6.45) is -24.1. The second-order valence-corrected chi connectivity index (χ2v) is 8.14. The van der Waals surface area contributed by atoms with E-state index >= 15 is 0 Å². The van der Waals surface area contributed by atoms with E-state index in [0.717, 1.165) is 0 Å². The van der Waals surface area contributed by atoms with Crippen LogP contribution in [-0.2, 0) is 18.9 Å². The molecule has 0 amide bonds. The van der Waals surface area contributed by atoms with Gasteiger partial charge in [0.2, 0.25) is 0 Å². The lowest BCUT2D eigenvalue weighted by Crippen LogP contribution is -2.64. The molecule has 2 fully saturated rings. The molecule has 0 bridgehead atoms. The predicted molar refractivity (Wildman–Crippen MR) is 103 cm³/mol. The molecule has 0 aliphatic carbocycles. The monoisotopic (exact) mass is 506 g/mol. The average Bonchev–Trinajstić information content (AvgIpc) is 2.84. The zero-order valence-electron chi connectivity index (χ0n) is 17.9. The van der Waals surface area contributed by atoms with Gasteiger partial charge >= 0.3 is 0 Å². The molecule has 0 saturated carbocycles. The largest absolute Gasteiger partial charge is 0.394 e. The first-order valence-corrected chi connectivity index (χ1v) is 10.5. The maximum absolute atomic E-state index is 10.5. The Morgan fingerprint density at radius 1 is 0.618 bits per heavy atom. The Morgan fingerprint density at radius 2 is 1.15 bits per heavy atom. The average molecular weight is 506 g/mol. The molecule has 0 aromatic heterocycles. The zero-order valence-corrected chi connectivity index (χ0v) is 17.9. The second kappa shape index (κ2) is 13.1. The zero-order chi connectivity index (χ0) is 25.7. The molecule has 12 N–H and O–H groups in total. The number of aliphatic hydroxyl groups is 12. The fraction of sp³-hybridized carbons (Fsp3) is 1.00. The van der Waals surface area contributed by atoms with Gasteiger partial charge in [-0.1, -0.05) is 0 Å². The molecule has 0 aromatic carbocycles. The molecule has 16 heteroatoms. The van der Waals surface area contributed by atoms with Crippen LogP contribution in [0.1, 0.15) is 0 Å². The van der Waals surface area contributed by atoms with Gasteiger partial charge < -0.3 is 80.2 Å². The Labute approximate surface area is 193 Å². The third kappa shape index (κ3) is 6.56. The van der Waals surface area contributed by atoms with E-state index in [1.807, 2.05) is 0 Å². The van der Waals surface area contributed by atoms with E-state index in [1.165, 1.54) is 0 Å². The quantitative estimate of drug-likeness (QED) is 0.124. The van der Waals surface area contributed by atoms with Gasteiger partial charge in [0, 0.05) is 0 Å². The maximum atomic E-state index is 10.5. The van der Waals surface area contributed by atoms with Crippen LogP contribution in [0.5, 0.6) is 0 Å². The molecule has 0 radical (unpaired) electrons. The minimum Gasteiger partial charge on any atom is -0.394 e. The summed E-state index contributed by atoms with van der Waals surface area (Å²) in [7, 11) is 0. The van der Waals surface area contributed by atoms with Crippen molar-refractivity contribution < 1.29 is 80.2 Å². The molecule has 202 valence electrons. The molecule has 34 heavy (non-hydrogen) atoms. The van der Waals surface area contributed by atoms with Crippen LogP contribution >= 0.6 is 0 Å². The summed E-state index contributed by atoms with van der Waals surface area (Å²) in [6, 6.07) is 0. The van der Waals surface area contributed by atoms with Crippen molar-refractivity contribution in [2.45, 2.75) is 85.8 Å². The van der Waals surface area contributed by atoms with Gasteiger partial charge in [-0.05, 0) is 0 Å². The second-order valence-electron chi connectivity index (χ2n) is 8.14. The predicted octanol–water partition coefficient (Wildman–Crippen LogP) is -7.94. The molecule has 2 heterocycles. The molecule has 14 atom stereocenters. The lowest BCUT2D eigenvalue weighted by Gasteiger charge is -2.46. The third-order valence-electron chi connectivity index (χ3n) is 5.72. The van der Waals surface area contributed by atoms with Gasteiger partial charge in [0.25, 0.3) is 0 Å². The SMILES string of the molecule is OC[C@H](O)[C@@H](O)[C@H](O)[C@H](O)CO[C@H]1O[C@H](CO)[C@@H](O[C@H]2O[C@H](CO)[C@@H](O)[C@H](O)[C@H]2O)[C@H](O)[C@H]1O. The van der Waals surface area contributed by atoms with E-state index in [1.54, 1.807) is 0 Å². The number of hydrogen-bond donors (Lipinski definition) is 12. The maximum Gasteiger partial charge on any atom is 0.187 e. The lowest BCUT2D eigenvalue weighted by molar-refractivity contribution is -0.360. The van der Waals surface area contributed by atoms with Gasteiger partial charge in [-0.25, -0.2) is 0 Å². The molecule has 2 aliphatic rings. The van der Waals surface area contributed by atoms with Gasteiger partial charge in [-0.15, -0.1) is 0 Å². The van der Waals surface area contributed by atoms with Crippen molar-refractivity contribution in [2.75, 3.05) is 26.4 Å². The number of aliphatic hydroxyl groups excluding tert-OH is 12. The highest BCUT2D eigenvalue weighted by Crippen LogP contribution is 2.29. The Balaban J connectivity index is 2.01. The smallest absolute Gasteiger partial charge is 0.187 e. The van der Waals surface area contributed by atoms with Crippen molar-refractivity contribution in [1.82, 2.24) is 0 Å². The first kappa shape index (κ1) is 29.6. The van der Waals surface area contributed by atoms with Crippen LogP contribution in [-0.4, -0.2) is 174 Å². The van der Waals surface area contributed by atoms with Crippen molar-refractivity contribution in [3.05, 3.63) is 0 Å². The van der Waals surface area contributed by atoms with Crippen molar-refractivity contribution in [3.63, 3.8) is 0 Å². The molecule has 0 spiro atoms. The summed E-state index contributed by atoms with van der Waals surface area (Å²) < 4.78 is 21.0. The minimum absolute atomic E-state index is 0.741. The molecular formula is C18H34O16. The number of ether oxygens (including phenoxy) is 4. The fourth-order valence-corrected chi connectivity index (χ4v) is 3.55. The fourth-order valence-electron chi connectivity index (χ4n) is 3.55. The van der Waals surface area contributed by atoms with Crippen molar-refractivity contribution in [2.24, 2.45) is 0 Å². The molecule has 2 rings (SSSR count). The van der Waals surface area contributed by atoms with Gasteiger partial charge in [-0.2, -0.15) is 0 Å². The van der Waals surface area contributed by atoms with Gasteiger partial charge in [0.1, 0.15) is 73.2 Å². The third-order valence-corrected chi connectivity index (χ3v) is 5.72. The summed E-state index contributed by atoms with van der Waals surface area (Å²) >= 11 is 0. The molecule has 16 nitrogen and oxygen atoms in total. The normalized spacial score (nSPS) is 42.7. The van der Waals surface area contributed by atoms with Crippen LogP contribution < -0.4 is 0 Å². The van der Waals surface area contributed by atoms with Gasteiger partial charge in [0.15, 0.2) is 12.6 Å². The number of rotatable bonds is 11. The number of hydrogen-bond acceptors (Lipinski definition) is 16. The Morgan fingerprint density at radius 3 is 1.71 bits per heavy atom. The molecule has 0 unspecified atom stereocenters. The van der Waals surface area contributed by atoms with Crippen LogP contribution in [0.2, 0.25) is 0 Å². The summed E-state index contributed by atoms with van der Waals surface area (Å²) in [5.41, 5.74) is 0. The summed E-state index contributed by atoms with van der Waals surface area (Å²) in [5, 5.41) is 117. The first-order valence-electron chi connectivity index (χ1n) is 10.5. The molecule has 0 aromatic rings. The molecule has 2 aliphatic heterocycles. The van der Waals surface area contributed by atoms with Crippen LogP contribution in [0.25, 0.3) is 0 Å². The van der Waals surface area contributed by atoms with Crippen LogP contribution in [0, 0.1) is 0 Å². The molecular weight excluding hydrogens is 472 g/mol. The highest BCUT2D eigenvalue weighted by molar-refractivity contribution is 4.94. The molecule has 2 saturated heterocycles. The summed E-state index contributed by atoms with van der Waals surface area (Å²) in [4.78, 5) is 0. The topological polar surface area (TPSA) is 280 Å². The van der Waals surface area contributed by atoms with E-state index in [9.17, 15) is 56.2 Å². The van der Waals surface area contributed by atoms with E-state index in [-0.39, 0.29) is 0 Å². The summed E-state index contributed by atoms with van der Waals surface area (Å²) in [6.45, 7) is -3.22. The Hall–Kier alpha value is -0.640. The van der Waals surface area contributed by atoms with Crippen molar-refractivity contribution in [1.29, 1.82) is 0 Å². The standard InChI is InChI=1S/C18H34O16/c19-1-5(22)9(24)10(25)6(23)4-31-17-15(30)13(28)16(8(3-21)33-17)34-18-14(29)12(27)11(26)7(2-20)32-18/h5-30H,1-4H2/t5-,6+,7+,8+,9+,10+,11+,12-,13+,14+,15+,16+,17-,18+/m0/s1. The van der Waals surface area contributed by atoms with Crippen LogP contribution in [0.3, 0.4) is 0 Å². The summed E-state index contributed by atoms with van der Waals surface area (Å²) in [5.74, 6) is 0. The Bertz CT molecular complexity index is 594. The first-order chi connectivity index (χ1) is 16.0.